The lowest BCUT2D eigenvalue weighted by molar-refractivity contribution is -0.0970. The van der Waals surface area contributed by atoms with Crippen LogP contribution in [0.3, 0.4) is 0 Å². The van der Waals surface area contributed by atoms with Gasteiger partial charge in [-0.15, -0.1) is 0 Å². The third-order valence-electron chi connectivity index (χ3n) is 2.24. The van der Waals surface area contributed by atoms with E-state index in [0.717, 1.165) is 12.8 Å². The monoisotopic (exact) mass is 232 g/mol. The molecule has 92 valence electrons. The lowest BCUT2D eigenvalue weighted by atomic mass is 10.1. The lowest BCUT2D eigenvalue weighted by Crippen LogP contribution is -2.14. The Balaban J connectivity index is 2.33. The third kappa shape index (κ3) is 6.11. The average molecular weight is 232 g/mol. The van der Waals surface area contributed by atoms with Gasteiger partial charge >= 0.3 is 0 Å². The number of hydrogen-bond donors (Lipinski definition) is 0. The molecule has 0 aliphatic carbocycles. The molecule has 1 rings (SSSR count). The second kappa shape index (κ2) is 8.81. The van der Waals surface area contributed by atoms with E-state index in [2.05, 4.69) is 24.0 Å². The van der Waals surface area contributed by atoms with Crippen LogP contribution in [-0.4, -0.2) is 19.5 Å². The fourth-order valence-electron chi connectivity index (χ4n) is 1.44. The molecular formula is C15H20O2. The first-order valence-electron chi connectivity index (χ1n) is 6.12. The van der Waals surface area contributed by atoms with Gasteiger partial charge in [0.15, 0.2) is 0 Å². The predicted octanol–water partition coefficient (Wildman–Crippen LogP) is 3.02. The summed E-state index contributed by atoms with van der Waals surface area (Å²) in [4.78, 5) is 0. The Labute approximate surface area is 104 Å². The molecule has 0 aliphatic heterocycles. The molecule has 0 saturated heterocycles. The van der Waals surface area contributed by atoms with Crippen molar-refractivity contribution in [3.05, 3.63) is 35.9 Å². The average Bonchev–Trinajstić information content (AvgIpc) is 2.36. The molecule has 0 radical (unpaired) electrons. The fraction of sp³-hybridized carbons (Fsp3) is 0.467. The van der Waals surface area contributed by atoms with E-state index in [-0.39, 0.29) is 6.29 Å². The van der Waals surface area contributed by atoms with Crippen LogP contribution in [0.15, 0.2) is 30.3 Å². The van der Waals surface area contributed by atoms with Crippen LogP contribution in [0.5, 0.6) is 0 Å². The van der Waals surface area contributed by atoms with Gasteiger partial charge in [-0.2, -0.15) is 0 Å². The molecule has 0 heterocycles. The summed E-state index contributed by atoms with van der Waals surface area (Å²) >= 11 is 0. The van der Waals surface area contributed by atoms with Crippen molar-refractivity contribution in [2.75, 3.05) is 13.2 Å². The van der Waals surface area contributed by atoms with Crippen molar-refractivity contribution in [1.82, 2.24) is 0 Å². The summed E-state index contributed by atoms with van der Waals surface area (Å²) in [5.41, 5.74) is 1.31. The summed E-state index contributed by atoms with van der Waals surface area (Å²) in [5.74, 6) is 6.10. The highest BCUT2D eigenvalue weighted by Gasteiger charge is 2.00. The molecule has 1 aromatic carbocycles. The summed E-state index contributed by atoms with van der Waals surface area (Å²) in [7, 11) is 0. The standard InChI is InChI=1S/C15H20O2/c1-3-16-15(17-4-2)13-9-8-12-14-10-6-5-7-11-14/h5-7,10-11,15H,3-4,8,12H2,1-2H3. The van der Waals surface area contributed by atoms with E-state index in [9.17, 15) is 0 Å². The lowest BCUT2D eigenvalue weighted by Gasteiger charge is -2.09. The van der Waals surface area contributed by atoms with Gasteiger partial charge in [0, 0.05) is 19.6 Å². The van der Waals surface area contributed by atoms with Crippen molar-refractivity contribution >= 4 is 0 Å². The largest absolute Gasteiger partial charge is 0.342 e. The molecule has 0 fully saturated rings. The maximum absolute atomic E-state index is 5.34. The predicted molar refractivity (Wildman–Crippen MR) is 69.6 cm³/mol. The second-order valence-electron chi connectivity index (χ2n) is 3.55. The van der Waals surface area contributed by atoms with Gasteiger partial charge in [0.05, 0.1) is 0 Å². The summed E-state index contributed by atoms with van der Waals surface area (Å²) < 4.78 is 10.7. The molecular weight excluding hydrogens is 212 g/mol. The SMILES string of the molecule is CCOC(C#CCCc1ccccc1)OCC. The van der Waals surface area contributed by atoms with Crippen LogP contribution < -0.4 is 0 Å². The smallest absolute Gasteiger partial charge is 0.222 e. The Morgan fingerprint density at radius 2 is 1.71 bits per heavy atom. The molecule has 17 heavy (non-hydrogen) atoms. The number of benzene rings is 1. The van der Waals surface area contributed by atoms with E-state index in [1.807, 2.05) is 32.0 Å². The summed E-state index contributed by atoms with van der Waals surface area (Å²) in [6.45, 7) is 5.13. The zero-order chi connectivity index (χ0) is 12.3. The van der Waals surface area contributed by atoms with Gasteiger partial charge in [-0.1, -0.05) is 36.3 Å². The van der Waals surface area contributed by atoms with Crippen molar-refractivity contribution in [1.29, 1.82) is 0 Å². The quantitative estimate of drug-likeness (QED) is 0.554. The third-order valence-corrected chi connectivity index (χ3v) is 2.24. The van der Waals surface area contributed by atoms with E-state index in [4.69, 9.17) is 9.47 Å². The topological polar surface area (TPSA) is 18.5 Å². The van der Waals surface area contributed by atoms with E-state index in [1.165, 1.54) is 5.56 Å². The van der Waals surface area contributed by atoms with Crippen molar-refractivity contribution < 1.29 is 9.47 Å². The Morgan fingerprint density at radius 3 is 2.29 bits per heavy atom. The highest BCUT2D eigenvalue weighted by atomic mass is 16.7. The molecule has 0 aromatic heterocycles. The van der Waals surface area contributed by atoms with E-state index >= 15 is 0 Å². The Kier molecular flexibility index (Phi) is 7.13. The molecule has 0 saturated carbocycles. The van der Waals surface area contributed by atoms with Gasteiger partial charge in [-0.25, -0.2) is 0 Å². The van der Waals surface area contributed by atoms with Crippen LogP contribution >= 0.6 is 0 Å². The first kappa shape index (κ1) is 13.8. The number of hydrogen-bond acceptors (Lipinski definition) is 2. The highest BCUT2D eigenvalue weighted by molar-refractivity contribution is 5.16. The zero-order valence-electron chi connectivity index (χ0n) is 10.6. The summed E-state index contributed by atoms with van der Waals surface area (Å²) in [6, 6.07) is 10.3. The minimum atomic E-state index is -0.374. The summed E-state index contributed by atoms with van der Waals surface area (Å²) in [5, 5.41) is 0. The number of aryl methyl sites for hydroxylation is 1. The van der Waals surface area contributed by atoms with Crippen LogP contribution in [0, 0.1) is 11.8 Å². The van der Waals surface area contributed by atoms with Gasteiger partial charge in [0.2, 0.25) is 6.29 Å². The molecule has 0 aliphatic rings. The Bertz CT molecular complexity index is 342. The van der Waals surface area contributed by atoms with Gasteiger partial charge in [-0.05, 0) is 31.8 Å². The molecule has 0 atom stereocenters. The Morgan fingerprint density at radius 1 is 1.06 bits per heavy atom. The van der Waals surface area contributed by atoms with E-state index in [1.54, 1.807) is 0 Å². The maximum atomic E-state index is 5.34. The van der Waals surface area contributed by atoms with Crippen molar-refractivity contribution in [3.8, 4) is 11.8 Å². The normalized spacial score (nSPS) is 10.1. The molecule has 0 N–H and O–H groups in total. The first-order valence-corrected chi connectivity index (χ1v) is 6.12. The minimum absolute atomic E-state index is 0.374. The molecule has 0 spiro atoms. The van der Waals surface area contributed by atoms with Gasteiger partial charge in [0.25, 0.3) is 0 Å². The first-order chi connectivity index (χ1) is 8.36. The van der Waals surface area contributed by atoms with Crippen molar-refractivity contribution in [2.24, 2.45) is 0 Å². The van der Waals surface area contributed by atoms with Crippen LogP contribution in [0.1, 0.15) is 25.8 Å². The molecule has 2 heteroatoms. The maximum Gasteiger partial charge on any atom is 0.222 e. The Hall–Kier alpha value is -1.30. The van der Waals surface area contributed by atoms with Crippen LogP contribution in [0.25, 0.3) is 0 Å². The van der Waals surface area contributed by atoms with Crippen LogP contribution in [0.2, 0.25) is 0 Å². The van der Waals surface area contributed by atoms with Gasteiger partial charge in [0.1, 0.15) is 0 Å². The van der Waals surface area contributed by atoms with Crippen LogP contribution in [0.4, 0.5) is 0 Å². The minimum Gasteiger partial charge on any atom is -0.342 e. The highest BCUT2D eigenvalue weighted by Crippen LogP contribution is 2.01. The van der Waals surface area contributed by atoms with Gasteiger partial charge < -0.3 is 9.47 Å². The van der Waals surface area contributed by atoms with E-state index in [0.29, 0.717) is 13.2 Å². The molecule has 0 unspecified atom stereocenters. The zero-order valence-corrected chi connectivity index (χ0v) is 10.6. The fourth-order valence-corrected chi connectivity index (χ4v) is 1.44. The molecule has 0 bridgehead atoms. The molecule has 1 aromatic rings. The van der Waals surface area contributed by atoms with Crippen LogP contribution in [-0.2, 0) is 15.9 Å². The van der Waals surface area contributed by atoms with Crippen molar-refractivity contribution in [3.63, 3.8) is 0 Å². The summed E-state index contributed by atoms with van der Waals surface area (Å²) in [6.07, 6.45) is 1.43. The van der Waals surface area contributed by atoms with Crippen molar-refractivity contribution in [2.45, 2.75) is 33.0 Å². The second-order valence-corrected chi connectivity index (χ2v) is 3.55. The number of rotatable bonds is 6. The number of ether oxygens (including phenoxy) is 2. The van der Waals surface area contributed by atoms with Gasteiger partial charge in [-0.3, -0.25) is 0 Å². The van der Waals surface area contributed by atoms with E-state index < -0.39 is 0 Å². The molecule has 2 nitrogen and oxygen atoms in total. The molecule has 0 amide bonds.